The molecule has 7 heteroatoms. The second-order valence-corrected chi connectivity index (χ2v) is 6.07. The van der Waals surface area contributed by atoms with E-state index in [1.54, 1.807) is 24.3 Å². The number of halogens is 2. The van der Waals surface area contributed by atoms with E-state index in [2.05, 4.69) is 20.6 Å². The number of para-hydroxylation sites is 1. The maximum absolute atomic E-state index is 12.3. The van der Waals surface area contributed by atoms with E-state index in [1.165, 1.54) is 12.4 Å². The van der Waals surface area contributed by atoms with Crippen molar-refractivity contribution >= 4 is 46.3 Å². The molecule has 25 heavy (non-hydrogen) atoms. The first-order valence-corrected chi connectivity index (χ1v) is 8.20. The fourth-order valence-corrected chi connectivity index (χ4v) is 2.50. The van der Waals surface area contributed by atoms with Crippen LogP contribution in [0.5, 0.6) is 0 Å². The predicted octanol–water partition coefficient (Wildman–Crippen LogP) is 5.09. The van der Waals surface area contributed by atoms with E-state index in [-0.39, 0.29) is 11.6 Å². The standard InChI is InChI=1S/C18H14Cl2N4O/c1-11-12(19)6-4-8-14(11)24-18(25)16-9-22-17(10-21-16)23-15-7-3-2-5-13(15)20/h2-10H,1H3,(H,22,23)(H,24,25). The minimum Gasteiger partial charge on any atom is -0.338 e. The molecule has 0 spiro atoms. The van der Waals surface area contributed by atoms with Crippen molar-refractivity contribution in [2.75, 3.05) is 10.6 Å². The zero-order valence-electron chi connectivity index (χ0n) is 13.3. The van der Waals surface area contributed by atoms with Crippen molar-refractivity contribution in [3.8, 4) is 0 Å². The molecule has 0 unspecified atom stereocenters. The Bertz CT molecular complexity index is 913. The van der Waals surface area contributed by atoms with Gasteiger partial charge in [-0.2, -0.15) is 0 Å². The van der Waals surface area contributed by atoms with Gasteiger partial charge in [-0.25, -0.2) is 9.97 Å². The van der Waals surface area contributed by atoms with Gasteiger partial charge in [0, 0.05) is 10.7 Å². The van der Waals surface area contributed by atoms with Crippen molar-refractivity contribution in [3.05, 3.63) is 76.2 Å². The van der Waals surface area contributed by atoms with Crippen LogP contribution in [0.25, 0.3) is 0 Å². The number of rotatable bonds is 4. The van der Waals surface area contributed by atoms with Crippen molar-refractivity contribution < 1.29 is 4.79 Å². The topological polar surface area (TPSA) is 66.9 Å². The number of benzene rings is 2. The van der Waals surface area contributed by atoms with E-state index in [0.717, 1.165) is 5.56 Å². The molecule has 0 fully saturated rings. The van der Waals surface area contributed by atoms with Crippen LogP contribution in [0.3, 0.4) is 0 Å². The van der Waals surface area contributed by atoms with Gasteiger partial charge in [0.25, 0.3) is 5.91 Å². The number of aromatic nitrogens is 2. The zero-order chi connectivity index (χ0) is 17.8. The van der Waals surface area contributed by atoms with Gasteiger partial charge in [0.1, 0.15) is 11.5 Å². The quantitative estimate of drug-likeness (QED) is 0.669. The molecule has 0 aliphatic carbocycles. The van der Waals surface area contributed by atoms with Crippen molar-refractivity contribution in [1.82, 2.24) is 9.97 Å². The van der Waals surface area contributed by atoms with Gasteiger partial charge in [-0.1, -0.05) is 41.4 Å². The Labute approximate surface area is 155 Å². The number of carbonyl (C=O) groups is 1. The molecule has 3 aromatic rings. The van der Waals surface area contributed by atoms with Gasteiger partial charge in [-0.05, 0) is 36.8 Å². The summed E-state index contributed by atoms with van der Waals surface area (Å²) in [6, 6.07) is 12.6. The Kier molecular flexibility index (Phi) is 5.16. The molecule has 1 aromatic heterocycles. The van der Waals surface area contributed by atoms with Gasteiger partial charge in [0.15, 0.2) is 0 Å². The van der Waals surface area contributed by atoms with E-state index >= 15 is 0 Å². The van der Waals surface area contributed by atoms with E-state index in [1.807, 2.05) is 25.1 Å². The molecule has 2 N–H and O–H groups in total. The second kappa shape index (κ2) is 7.51. The average molecular weight is 373 g/mol. The van der Waals surface area contributed by atoms with Crippen LogP contribution >= 0.6 is 23.2 Å². The van der Waals surface area contributed by atoms with Gasteiger partial charge >= 0.3 is 0 Å². The third-order valence-corrected chi connectivity index (χ3v) is 4.28. The van der Waals surface area contributed by atoms with Gasteiger partial charge in [-0.15, -0.1) is 0 Å². The van der Waals surface area contributed by atoms with Crippen molar-refractivity contribution in [1.29, 1.82) is 0 Å². The van der Waals surface area contributed by atoms with Gasteiger partial charge < -0.3 is 10.6 Å². The molecular weight excluding hydrogens is 359 g/mol. The number of hydrogen-bond acceptors (Lipinski definition) is 4. The van der Waals surface area contributed by atoms with E-state index < -0.39 is 0 Å². The predicted molar refractivity (Wildman–Crippen MR) is 101 cm³/mol. The lowest BCUT2D eigenvalue weighted by atomic mass is 10.2. The molecule has 0 saturated heterocycles. The van der Waals surface area contributed by atoms with Crippen LogP contribution in [-0.2, 0) is 0 Å². The lowest BCUT2D eigenvalue weighted by molar-refractivity contribution is 0.102. The summed E-state index contributed by atoms with van der Waals surface area (Å²) < 4.78 is 0. The average Bonchev–Trinajstić information content (AvgIpc) is 2.61. The second-order valence-electron chi connectivity index (χ2n) is 5.26. The van der Waals surface area contributed by atoms with Crippen LogP contribution in [0.4, 0.5) is 17.2 Å². The van der Waals surface area contributed by atoms with Crippen LogP contribution in [0.15, 0.2) is 54.9 Å². The lowest BCUT2D eigenvalue weighted by Gasteiger charge is -2.10. The monoisotopic (exact) mass is 372 g/mol. The van der Waals surface area contributed by atoms with E-state index in [0.29, 0.717) is 27.2 Å². The van der Waals surface area contributed by atoms with E-state index in [4.69, 9.17) is 23.2 Å². The number of hydrogen-bond donors (Lipinski definition) is 2. The first-order valence-electron chi connectivity index (χ1n) is 7.44. The fraction of sp³-hybridized carbons (Fsp3) is 0.0556. The highest BCUT2D eigenvalue weighted by molar-refractivity contribution is 6.33. The van der Waals surface area contributed by atoms with Crippen LogP contribution < -0.4 is 10.6 Å². The van der Waals surface area contributed by atoms with Crippen LogP contribution in [0, 0.1) is 6.92 Å². The summed E-state index contributed by atoms with van der Waals surface area (Å²) in [5, 5.41) is 6.99. The smallest absolute Gasteiger partial charge is 0.275 e. The molecule has 0 bridgehead atoms. The Morgan fingerprint density at radius 1 is 0.920 bits per heavy atom. The lowest BCUT2D eigenvalue weighted by Crippen LogP contribution is -2.15. The molecule has 2 aromatic carbocycles. The van der Waals surface area contributed by atoms with Crippen LogP contribution in [-0.4, -0.2) is 15.9 Å². The minimum atomic E-state index is -0.359. The zero-order valence-corrected chi connectivity index (χ0v) is 14.8. The summed E-state index contributed by atoms with van der Waals surface area (Å²) in [5.74, 6) is 0.130. The van der Waals surface area contributed by atoms with Crippen molar-refractivity contribution in [3.63, 3.8) is 0 Å². The summed E-state index contributed by atoms with van der Waals surface area (Å²) >= 11 is 12.1. The summed E-state index contributed by atoms with van der Waals surface area (Å²) in [4.78, 5) is 20.6. The van der Waals surface area contributed by atoms with Crippen molar-refractivity contribution in [2.24, 2.45) is 0 Å². The van der Waals surface area contributed by atoms with E-state index in [9.17, 15) is 4.79 Å². The number of amides is 1. The third-order valence-electron chi connectivity index (χ3n) is 3.54. The largest absolute Gasteiger partial charge is 0.338 e. The summed E-state index contributed by atoms with van der Waals surface area (Å²) in [6.07, 6.45) is 2.87. The molecule has 0 saturated carbocycles. The molecule has 1 heterocycles. The third kappa shape index (κ3) is 4.07. The first-order chi connectivity index (χ1) is 12.0. The maximum Gasteiger partial charge on any atom is 0.275 e. The SMILES string of the molecule is Cc1c(Cl)cccc1NC(=O)c1cnc(Nc2ccccc2Cl)cn1. The first kappa shape index (κ1) is 17.2. The summed E-state index contributed by atoms with van der Waals surface area (Å²) in [5.41, 5.74) is 2.34. The Morgan fingerprint density at radius 2 is 1.64 bits per heavy atom. The molecule has 0 atom stereocenters. The number of anilines is 3. The van der Waals surface area contributed by atoms with Crippen LogP contribution in [0.2, 0.25) is 10.0 Å². The number of nitrogens with one attached hydrogen (secondary N) is 2. The maximum atomic E-state index is 12.3. The Balaban J connectivity index is 1.72. The van der Waals surface area contributed by atoms with Crippen molar-refractivity contribution in [2.45, 2.75) is 6.92 Å². The molecule has 1 amide bonds. The van der Waals surface area contributed by atoms with Gasteiger partial charge in [-0.3, -0.25) is 4.79 Å². The highest BCUT2D eigenvalue weighted by atomic mass is 35.5. The normalized spacial score (nSPS) is 10.4. The number of carbonyl (C=O) groups excluding carboxylic acids is 1. The van der Waals surface area contributed by atoms with Crippen LogP contribution in [0.1, 0.15) is 16.1 Å². The Morgan fingerprint density at radius 3 is 2.36 bits per heavy atom. The summed E-state index contributed by atoms with van der Waals surface area (Å²) in [7, 11) is 0. The fourth-order valence-electron chi connectivity index (χ4n) is 2.14. The molecule has 126 valence electrons. The minimum absolute atomic E-state index is 0.198. The Hall–Kier alpha value is -2.63. The molecular formula is C18H14Cl2N4O. The molecule has 3 rings (SSSR count). The van der Waals surface area contributed by atoms with Gasteiger partial charge in [0.05, 0.1) is 23.1 Å². The molecule has 0 aliphatic heterocycles. The summed E-state index contributed by atoms with van der Waals surface area (Å²) in [6.45, 7) is 1.83. The highest BCUT2D eigenvalue weighted by Gasteiger charge is 2.11. The molecule has 5 nitrogen and oxygen atoms in total. The van der Waals surface area contributed by atoms with Gasteiger partial charge in [0.2, 0.25) is 0 Å². The highest BCUT2D eigenvalue weighted by Crippen LogP contribution is 2.24. The molecule has 0 aliphatic rings. The number of nitrogens with zero attached hydrogens (tertiary/aromatic N) is 2. The molecule has 0 radical (unpaired) electrons.